The molecule has 160 valence electrons. The molecule has 1 atom stereocenters. The molecule has 2 aliphatic rings. The van der Waals surface area contributed by atoms with Crippen LogP contribution in [-0.4, -0.2) is 73.6 Å². The Balaban J connectivity index is 1.37. The maximum atomic E-state index is 12.4. The van der Waals surface area contributed by atoms with Gasteiger partial charge in [0.25, 0.3) is 0 Å². The van der Waals surface area contributed by atoms with Crippen molar-refractivity contribution >= 4 is 17.6 Å². The van der Waals surface area contributed by atoms with Gasteiger partial charge in [-0.2, -0.15) is 0 Å². The minimum Gasteiger partial charge on any atom is -0.465 e. The zero-order valence-electron chi connectivity index (χ0n) is 18.1. The van der Waals surface area contributed by atoms with Crippen LogP contribution in [0.15, 0.2) is 24.3 Å². The second-order valence-corrected chi connectivity index (χ2v) is 8.42. The summed E-state index contributed by atoms with van der Waals surface area (Å²) in [5.74, 6) is -0.599. The molecule has 2 saturated heterocycles. The van der Waals surface area contributed by atoms with Gasteiger partial charge < -0.3 is 14.5 Å². The van der Waals surface area contributed by atoms with Gasteiger partial charge in [0.15, 0.2) is 0 Å². The average molecular weight is 402 g/mol. The van der Waals surface area contributed by atoms with Crippen LogP contribution >= 0.6 is 0 Å². The molecule has 1 amide bonds. The van der Waals surface area contributed by atoms with Crippen molar-refractivity contribution in [3.63, 3.8) is 0 Å². The van der Waals surface area contributed by atoms with Crippen LogP contribution in [-0.2, 0) is 20.7 Å². The Kier molecular flexibility index (Phi) is 7.67. The van der Waals surface area contributed by atoms with Crippen LogP contribution in [0.4, 0.5) is 5.69 Å². The van der Waals surface area contributed by atoms with Crippen LogP contribution in [0.1, 0.15) is 39.2 Å². The second kappa shape index (κ2) is 10.2. The summed E-state index contributed by atoms with van der Waals surface area (Å²) in [4.78, 5) is 31.4. The van der Waals surface area contributed by atoms with Gasteiger partial charge in [-0.15, -0.1) is 0 Å². The summed E-state index contributed by atoms with van der Waals surface area (Å²) in [5, 5.41) is 0. The second-order valence-electron chi connectivity index (χ2n) is 8.42. The molecular formula is C23H35N3O3. The Bertz CT molecular complexity index is 681. The number of aryl methyl sites for hydroxylation is 1. The van der Waals surface area contributed by atoms with E-state index >= 15 is 0 Å². The molecule has 0 N–H and O–H groups in total. The largest absolute Gasteiger partial charge is 0.465 e. The topological polar surface area (TPSA) is 53.1 Å². The Hall–Kier alpha value is -1.92. The van der Waals surface area contributed by atoms with Crippen molar-refractivity contribution in [2.24, 2.45) is 5.92 Å². The van der Waals surface area contributed by atoms with Crippen LogP contribution in [0.3, 0.4) is 0 Å². The van der Waals surface area contributed by atoms with Gasteiger partial charge in [-0.3, -0.25) is 14.5 Å². The summed E-state index contributed by atoms with van der Waals surface area (Å²) >= 11 is 0. The fraction of sp³-hybridized carbons (Fsp3) is 0.652. The van der Waals surface area contributed by atoms with Gasteiger partial charge in [-0.25, -0.2) is 0 Å². The maximum Gasteiger partial charge on any atom is 0.311 e. The Labute approximate surface area is 174 Å². The van der Waals surface area contributed by atoms with E-state index in [-0.39, 0.29) is 24.2 Å². The first kappa shape index (κ1) is 21.8. The molecule has 0 aliphatic carbocycles. The number of rotatable bonds is 8. The Morgan fingerprint density at radius 2 is 1.83 bits per heavy atom. The predicted molar refractivity (Wildman–Crippen MR) is 115 cm³/mol. The van der Waals surface area contributed by atoms with Gasteiger partial charge >= 0.3 is 5.97 Å². The van der Waals surface area contributed by atoms with Gasteiger partial charge in [-0.1, -0.05) is 19.1 Å². The molecule has 0 bridgehead atoms. The van der Waals surface area contributed by atoms with Crippen molar-refractivity contribution in [2.45, 2.75) is 46.1 Å². The molecule has 0 spiro atoms. The third-order valence-corrected chi connectivity index (χ3v) is 6.11. The van der Waals surface area contributed by atoms with Crippen molar-refractivity contribution in [1.29, 1.82) is 0 Å². The number of hydrogen-bond donors (Lipinski definition) is 0. The van der Waals surface area contributed by atoms with Gasteiger partial charge in [0.05, 0.1) is 12.5 Å². The van der Waals surface area contributed by atoms with Gasteiger partial charge in [0.2, 0.25) is 5.91 Å². The summed E-state index contributed by atoms with van der Waals surface area (Å²) in [6, 6.07) is 8.61. The molecule has 2 fully saturated rings. The Morgan fingerprint density at radius 1 is 1.14 bits per heavy atom. The first-order valence-corrected chi connectivity index (χ1v) is 11.0. The molecule has 1 aromatic rings. The van der Waals surface area contributed by atoms with Crippen molar-refractivity contribution < 1.29 is 14.3 Å². The molecule has 29 heavy (non-hydrogen) atoms. The van der Waals surface area contributed by atoms with Crippen LogP contribution in [0, 0.1) is 5.92 Å². The fourth-order valence-electron chi connectivity index (χ4n) is 4.11. The summed E-state index contributed by atoms with van der Waals surface area (Å²) in [5.41, 5.74) is 2.10. The van der Waals surface area contributed by atoms with Crippen molar-refractivity contribution in [2.75, 3.05) is 50.8 Å². The molecule has 0 aromatic heterocycles. The molecule has 1 aromatic carbocycles. The van der Waals surface area contributed by atoms with E-state index < -0.39 is 0 Å². The van der Waals surface area contributed by atoms with Crippen LogP contribution in [0.2, 0.25) is 0 Å². The summed E-state index contributed by atoms with van der Waals surface area (Å²) in [6.45, 7) is 12.8. The normalized spacial score (nSPS) is 21.2. The number of carbonyl (C=O) groups is 2. The maximum absolute atomic E-state index is 12.4. The van der Waals surface area contributed by atoms with E-state index in [1.54, 1.807) is 4.90 Å². The van der Waals surface area contributed by atoms with Gasteiger partial charge in [0.1, 0.15) is 0 Å². The quantitative estimate of drug-likeness (QED) is 0.495. The number of esters is 1. The van der Waals surface area contributed by atoms with E-state index in [4.69, 9.17) is 4.74 Å². The highest BCUT2D eigenvalue weighted by atomic mass is 16.5. The Morgan fingerprint density at radius 3 is 2.45 bits per heavy atom. The smallest absolute Gasteiger partial charge is 0.311 e. The molecule has 0 saturated carbocycles. The number of ether oxygens (including phenoxy) is 1. The molecule has 0 unspecified atom stereocenters. The number of carbonyl (C=O) groups excluding carboxylic acids is 2. The lowest BCUT2D eigenvalue weighted by atomic mass is 10.1. The first-order chi connectivity index (χ1) is 14.0. The van der Waals surface area contributed by atoms with E-state index in [0.29, 0.717) is 19.2 Å². The zero-order valence-corrected chi connectivity index (χ0v) is 18.1. The third kappa shape index (κ3) is 5.80. The minimum atomic E-state index is -0.358. The van der Waals surface area contributed by atoms with Crippen LogP contribution < -0.4 is 4.90 Å². The number of nitrogens with zero attached hydrogens (tertiary/aromatic N) is 3. The van der Waals surface area contributed by atoms with E-state index in [2.05, 4.69) is 30.6 Å². The highest BCUT2D eigenvalue weighted by Gasteiger charge is 2.36. The lowest BCUT2D eigenvalue weighted by Crippen LogP contribution is -2.49. The average Bonchev–Trinajstić information content (AvgIpc) is 3.13. The van der Waals surface area contributed by atoms with E-state index in [9.17, 15) is 9.59 Å². The number of hydrogen-bond acceptors (Lipinski definition) is 5. The highest BCUT2D eigenvalue weighted by molar-refractivity contribution is 5.99. The van der Waals surface area contributed by atoms with Crippen LogP contribution in [0.25, 0.3) is 0 Å². The monoisotopic (exact) mass is 401 g/mol. The molecule has 6 nitrogen and oxygen atoms in total. The van der Waals surface area contributed by atoms with Gasteiger partial charge in [-0.05, 0) is 44.4 Å². The number of anilines is 1. The van der Waals surface area contributed by atoms with Crippen molar-refractivity contribution in [1.82, 2.24) is 9.80 Å². The minimum absolute atomic E-state index is 0.000720. The lowest BCUT2D eigenvalue weighted by Gasteiger charge is -2.36. The highest BCUT2D eigenvalue weighted by Crippen LogP contribution is 2.26. The number of piperazine rings is 1. The van der Waals surface area contributed by atoms with E-state index in [1.165, 1.54) is 5.56 Å². The van der Waals surface area contributed by atoms with Crippen LogP contribution in [0.5, 0.6) is 0 Å². The van der Waals surface area contributed by atoms with E-state index in [1.807, 2.05) is 24.3 Å². The molecule has 6 heteroatoms. The molecule has 3 rings (SSSR count). The SMILES string of the molecule is CCc1ccc(N2C[C@H](C(=O)OCCCN3CCN(C(C)C)CC3)CC2=O)cc1. The fourth-order valence-corrected chi connectivity index (χ4v) is 4.11. The predicted octanol–water partition coefficient (Wildman–Crippen LogP) is 2.56. The number of benzene rings is 1. The lowest BCUT2D eigenvalue weighted by molar-refractivity contribution is -0.148. The third-order valence-electron chi connectivity index (χ3n) is 6.11. The summed E-state index contributed by atoms with van der Waals surface area (Å²) < 4.78 is 5.49. The molecule has 2 aliphatic heterocycles. The van der Waals surface area contributed by atoms with Crippen molar-refractivity contribution in [3.8, 4) is 0 Å². The summed E-state index contributed by atoms with van der Waals surface area (Å²) in [7, 11) is 0. The summed E-state index contributed by atoms with van der Waals surface area (Å²) in [6.07, 6.45) is 2.05. The van der Waals surface area contributed by atoms with Gasteiger partial charge in [0, 0.05) is 57.4 Å². The molecule has 2 heterocycles. The van der Waals surface area contributed by atoms with E-state index in [0.717, 1.165) is 51.3 Å². The first-order valence-electron chi connectivity index (χ1n) is 11.0. The molecular weight excluding hydrogens is 366 g/mol. The zero-order chi connectivity index (χ0) is 20.8. The van der Waals surface area contributed by atoms with Crippen molar-refractivity contribution in [3.05, 3.63) is 29.8 Å². The number of amides is 1. The standard InChI is InChI=1S/C23H35N3O3/c1-4-19-6-8-21(9-7-19)26-17-20(16-22(26)27)23(28)29-15-5-10-24-11-13-25(14-12-24)18(2)3/h6-9,18,20H,4-5,10-17H2,1-3H3/t20-/m1/s1. The molecule has 0 radical (unpaired) electrons.